The third-order valence-corrected chi connectivity index (χ3v) is 7.32. The van der Waals surface area contributed by atoms with Gasteiger partial charge in [-0.15, -0.1) is 0 Å². The molecule has 3 rings (SSSR count). The van der Waals surface area contributed by atoms with Crippen LogP contribution in [-0.2, 0) is 16.6 Å². The monoisotopic (exact) mass is 507 g/mol. The molecule has 0 radical (unpaired) electrons. The van der Waals surface area contributed by atoms with Crippen molar-refractivity contribution in [1.29, 1.82) is 0 Å². The lowest BCUT2D eigenvalue weighted by molar-refractivity contribution is 0.0696. The van der Waals surface area contributed by atoms with Gasteiger partial charge >= 0.3 is 5.97 Å². The quantitative estimate of drug-likeness (QED) is 0.413. The number of benzene rings is 3. The first-order valence-corrected chi connectivity index (χ1v) is 11.8. The van der Waals surface area contributed by atoms with Crippen LogP contribution >= 0.6 is 25.1 Å². The molecule has 1 atom stereocenters. The van der Waals surface area contributed by atoms with Crippen molar-refractivity contribution in [2.24, 2.45) is 0 Å². The van der Waals surface area contributed by atoms with Crippen molar-refractivity contribution in [3.05, 3.63) is 94.5 Å². The van der Waals surface area contributed by atoms with Gasteiger partial charge in [-0.2, -0.15) is 17.8 Å². The lowest BCUT2D eigenvalue weighted by atomic mass is 10.0. The predicted molar refractivity (Wildman–Crippen MR) is 134 cm³/mol. The average molecular weight is 508 g/mol. The number of hydrogen-bond acceptors (Lipinski definition) is 4. The van der Waals surface area contributed by atoms with Gasteiger partial charge in [-0.05, 0) is 48.4 Å². The van der Waals surface area contributed by atoms with Crippen molar-refractivity contribution < 1.29 is 23.1 Å². The number of hydrogen-bond donors (Lipinski definition) is 1. The maximum absolute atomic E-state index is 13.7. The van der Waals surface area contributed by atoms with Gasteiger partial charge in [0.15, 0.2) is 0 Å². The molecule has 0 amide bonds. The molecular formula is C24H26ClNO5S2. The summed E-state index contributed by atoms with van der Waals surface area (Å²) in [4.78, 5) is 11.5. The highest BCUT2D eigenvalue weighted by Gasteiger charge is 2.32. The highest BCUT2D eigenvalue weighted by atomic mass is 35.5. The SMILES string of the molecule is CC[C@@H](c1ccccc1)N(Cc1ccc(C(=O)O)cc1OC)S(=O)(=O)c1ccc(Cl)cc1.S. The molecule has 0 saturated carbocycles. The minimum Gasteiger partial charge on any atom is -0.496 e. The van der Waals surface area contributed by atoms with Gasteiger partial charge in [0.2, 0.25) is 10.0 Å². The Kier molecular flexibility index (Phi) is 9.36. The molecule has 0 aromatic heterocycles. The van der Waals surface area contributed by atoms with E-state index in [0.29, 0.717) is 22.8 Å². The second-order valence-electron chi connectivity index (χ2n) is 7.17. The van der Waals surface area contributed by atoms with Crippen molar-refractivity contribution in [3.8, 4) is 5.75 Å². The van der Waals surface area contributed by atoms with E-state index in [9.17, 15) is 18.3 Å². The van der Waals surface area contributed by atoms with Gasteiger partial charge in [-0.1, -0.05) is 54.9 Å². The molecule has 0 unspecified atom stereocenters. The number of carbonyl (C=O) groups is 1. The van der Waals surface area contributed by atoms with Crippen molar-refractivity contribution in [2.75, 3.05) is 7.11 Å². The van der Waals surface area contributed by atoms with Gasteiger partial charge in [0.1, 0.15) is 5.75 Å². The van der Waals surface area contributed by atoms with Crippen molar-refractivity contribution in [2.45, 2.75) is 30.8 Å². The fourth-order valence-electron chi connectivity index (χ4n) is 3.56. The standard InChI is InChI=1S/C24H24ClNO5S.H2S/c1-3-22(17-7-5-4-6-8-17)26(32(29,30)21-13-11-20(25)12-14-21)16-19-10-9-18(24(27)28)15-23(19)31-2;/h4-15,22H,3,16H2,1-2H3,(H,27,28);1H2/t22-;/m0./s1. The number of methoxy groups -OCH3 is 1. The molecule has 0 spiro atoms. The van der Waals surface area contributed by atoms with Crippen LogP contribution in [0.25, 0.3) is 0 Å². The molecular weight excluding hydrogens is 482 g/mol. The first-order valence-electron chi connectivity index (χ1n) is 10.0. The van der Waals surface area contributed by atoms with Crippen molar-refractivity contribution >= 4 is 41.1 Å². The molecule has 176 valence electrons. The Morgan fingerprint density at radius 3 is 2.24 bits per heavy atom. The number of carboxylic acids is 1. The lowest BCUT2D eigenvalue weighted by Crippen LogP contribution is -2.34. The minimum atomic E-state index is -3.92. The minimum absolute atomic E-state index is 0. The van der Waals surface area contributed by atoms with Crippen LogP contribution in [0.4, 0.5) is 0 Å². The fraction of sp³-hybridized carbons (Fsp3) is 0.208. The second-order valence-corrected chi connectivity index (χ2v) is 9.50. The van der Waals surface area contributed by atoms with Crippen LogP contribution < -0.4 is 4.74 Å². The maximum atomic E-state index is 13.7. The summed E-state index contributed by atoms with van der Waals surface area (Å²) < 4.78 is 34.3. The molecule has 3 aromatic carbocycles. The molecule has 3 aromatic rings. The van der Waals surface area contributed by atoms with Crippen LogP contribution in [0, 0.1) is 0 Å². The molecule has 0 aliphatic carbocycles. The van der Waals surface area contributed by atoms with Crippen molar-refractivity contribution in [1.82, 2.24) is 4.31 Å². The van der Waals surface area contributed by atoms with Crippen LogP contribution in [-0.4, -0.2) is 30.9 Å². The van der Waals surface area contributed by atoms with E-state index in [4.69, 9.17) is 16.3 Å². The Labute approximate surface area is 206 Å². The van der Waals surface area contributed by atoms with E-state index in [1.54, 1.807) is 18.2 Å². The maximum Gasteiger partial charge on any atom is 0.335 e. The van der Waals surface area contributed by atoms with Crippen molar-refractivity contribution in [3.63, 3.8) is 0 Å². The van der Waals surface area contributed by atoms with E-state index in [-0.39, 0.29) is 30.5 Å². The third-order valence-electron chi connectivity index (χ3n) is 5.20. The predicted octanol–water partition coefficient (Wildman–Crippen LogP) is 5.50. The average Bonchev–Trinajstić information content (AvgIpc) is 2.79. The van der Waals surface area contributed by atoms with Gasteiger partial charge in [0.25, 0.3) is 0 Å². The van der Waals surface area contributed by atoms with E-state index in [0.717, 1.165) is 5.56 Å². The Morgan fingerprint density at radius 1 is 1.06 bits per heavy atom. The molecule has 0 heterocycles. The molecule has 33 heavy (non-hydrogen) atoms. The third kappa shape index (κ3) is 6.09. The first-order chi connectivity index (χ1) is 15.3. The van der Waals surface area contributed by atoms with Crippen LogP contribution in [0.5, 0.6) is 5.75 Å². The Bertz CT molecular complexity index is 1190. The normalized spacial score (nSPS) is 12.1. The topological polar surface area (TPSA) is 83.9 Å². The number of nitrogens with zero attached hydrogens (tertiary/aromatic N) is 1. The molecule has 0 saturated heterocycles. The lowest BCUT2D eigenvalue weighted by Gasteiger charge is -2.31. The first kappa shape index (κ1) is 26.7. The van der Waals surface area contributed by atoms with Crippen LogP contribution in [0.1, 0.15) is 40.9 Å². The molecule has 0 aliphatic heterocycles. The van der Waals surface area contributed by atoms with E-state index in [1.807, 2.05) is 37.3 Å². The van der Waals surface area contributed by atoms with Gasteiger partial charge in [0.05, 0.1) is 23.6 Å². The Hall–Kier alpha value is -2.52. The molecule has 0 aliphatic rings. The zero-order valence-corrected chi connectivity index (χ0v) is 20.8. The van der Waals surface area contributed by atoms with E-state index < -0.39 is 22.0 Å². The summed E-state index contributed by atoms with van der Waals surface area (Å²) in [7, 11) is -2.50. The number of rotatable bonds is 9. The second kappa shape index (κ2) is 11.6. The Balaban J connectivity index is 0.00000385. The smallest absolute Gasteiger partial charge is 0.335 e. The summed E-state index contributed by atoms with van der Waals surface area (Å²) in [6.07, 6.45) is 0.534. The number of ether oxygens (including phenoxy) is 1. The highest BCUT2D eigenvalue weighted by molar-refractivity contribution is 7.89. The zero-order chi connectivity index (χ0) is 23.3. The highest BCUT2D eigenvalue weighted by Crippen LogP contribution is 2.34. The molecule has 6 nitrogen and oxygen atoms in total. The number of carboxylic acid groups (broad SMARTS) is 1. The number of aromatic carboxylic acids is 1. The van der Waals surface area contributed by atoms with Crippen LogP contribution in [0.15, 0.2) is 77.7 Å². The van der Waals surface area contributed by atoms with E-state index >= 15 is 0 Å². The summed E-state index contributed by atoms with van der Waals surface area (Å²) in [5.74, 6) is -0.777. The van der Waals surface area contributed by atoms with Gasteiger partial charge in [-0.25, -0.2) is 13.2 Å². The van der Waals surface area contributed by atoms with Gasteiger partial charge < -0.3 is 9.84 Å². The zero-order valence-electron chi connectivity index (χ0n) is 18.2. The van der Waals surface area contributed by atoms with Crippen LogP contribution in [0.3, 0.4) is 0 Å². The summed E-state index contributed by atoms with van der Waals surface area (Å²) in [6, 6.07) is 19.4. The molecule has 9 heteroatoms. The van der Waals surface area contributed by atoms with E-state index in [1.165, 1.54) is 35.7 Å². The number of sulfonamides is 1. The molecule has 1 N–H and O–H groups in total. The largest absolute Gasteiger partial charge is 0.496 e. The summed E-state index contributed by atoms with van der Waals surface area (Å²) in [5, 5.41) is 9.72. The fourth-order valence-corrected chi connectivity index (χ4v) is 5.35. The molecule has 0 fully saturated rings. The van der Waals surface area contributed by atoms with Gasteiger partial charge in [-0.3, -0.25) is 0 Å². The summed E-state index contributed by atoms with van der Waals surface area (Å²) >= 11 is 5.96. The molecule has 0 bridgehead atoms. The van der Waals surface area contributed by atoms with Crippen LogP contribution in [0.2, 0.25) is 5.02 Å². The van der Waals surface area contributed by atoms with E-state index in [2.05, 4.69) is 0 Å². The summed E-state index contributed by atoms with van der Waals surface area (Å²) in [6.45, 7) is 1.92. The van der Waals surface area contributed by atoms with Gasteiger partial charge in [0, 0.05) is 17.1 Å². The Morgan fingerprint density at radius 2 is 1.70 bits per heavy atom. The number of halogens is 1. The summed E-state index contributed by atoms with van der Waals surface area (Å²) in [5.41, 5.74) is 1.48.